The molecule has 0 atom stereocenters. The molecule has 3 N–H and O–H groups in total. The van der Waals surface area contributed by atoms with E-state index >= 15 is 0 Å². The molecule has 0 aliphatic carbocycles. The Morgan fingerprint density at radius 1 is 1.33 bits per heavy atom. The topological polar surface area (TPSA) is 85.4 Å². The highest BCUT2D eigenvalue weighted by molar-refractivity contribution is 14.1. The minimum atomic E-state index is -1.11. The van der Waals surface area contributed by atoms with Gasteiger partial charge in [0, 0.05) is 9.64 Å². The molecule has 0 unspecified atom stereocenters. The van der Waals surface area contributed by atoms with Crippen LogP contribution in [0.3, 0.4) is 0 Å². The molecular weight excluding hydrogens is 347 g/mol. The fraction of sp³-hybridized carbons (Fsp3) is 0. The van der Waals surface area contributed by atoms with Crippen LogP contribution in [0, 0.1) is 3.57 Å². The Bertz CT molecular complexity index is 584. The second-order valence-corrected chi connectivity index (χ2v) is 4.72. The fourth-order valence-corrected chi connectivity index (χ4v) is 1.67. The molecule has 1 aromatic heterocycles. The second kappa shape index (κ2) is 5.21. The summed E-state index contributed by atoms with van der Waals surface area (Å²) in [5.74, 6) is -0.325. The van der Waals surface area contributed by atoms with Crippen molar-refractivity contribution in [2.75, 3.05) is 5.73 Å². The van der Waals surface area contributed by atoms with Gasteiger partial charge in [0.05, 0.1) is 17.4 Å². The number of pyridine rings is 1. The molecule has 0 fully saturated rings. The maximum Gasteiger partial charge on any atom is 0.338 e. The third-order valence-corrected chi connectivity index (χ3v) is 2.90. The number of carboxylic acid groups (broad SMARTS) is 1. The monoisotopic (exact) mass is 356 g/mol. The van der Waals surface area contributed by atoms with Crippen molar-refractivity contribution in [2.45, 2.75) is 0 Å². The molecule has 6 heteroatoms. The van der Waals surface area contributed by atoms with Gasteiger partial charge >= 0.3 is 5.97 Å². The van der Waals surface area contributed by atoms with Crippen molar-refractivity contribution in [3.05, 3.63) is 45.7 Å². The Kier molecular flexibility index (Phi) is 3.66. The molecule has 0 spiro atoms. The number of ether oxygens (including phenoxy) is 1. The number of nitrogens with zero attached hydrogens (tertiary/aromatic N) is 1. The van der Waals surface area contributed by atoms with E-state index in [1.54, 1.807) is 12.1 Å². The van der Waals surface area contributed by atoms with E-state index in [1.165, 1.54) is 12.3 Å². The normalized spacial score (nSPS) is 10.1. The van der Waals surface area contributed by atoms with Crippen LogP contribution in [0.2, 0.25) is 0 Å². The van der Waals surface area contributed by atoms with Crippen molar-refractivity contribution < 1.29 is 14.6 Å². The predicted octanol–water partition coefficient (Wildman–Crippen LogP) is 2.76. The molecule has 1 heterocycles. The molecule has 0 bridgehead atoms. The first-order chi connectivity index (χ1) is 8.56. The quantitative estimate of drug-likeness (QED) is 0.826. The van der Waals surface area contributed by atoms with Crippen LogP contribution in [0.25, 0.3) is 0 Å². The summed E-state index contributed by atoms with van der Waals surface area (Å²) in [6, 6.07) is 8.62. The average molecular weight is 356 g/mol. The van der Waals surface area contributed by atoms with E-state index in [0.717, 1.165) is 3.57 Å². The predicted molar refractivity (Wildman–Crippen MR) is 74.8 cm³/mol. The van der Waals surface area contributed by atoms with E-state index in [-0.39, 0.29) is 17.1 Å². The number of nitrogen functional groups attached to an aromatic ring is 1. The van der Waals surface area contributed by atoms with Crippen LogP contribution in [0.5, 0.6) is 11.6 Å². The van der Waals surface area contributed by atoms with Gasteiger partial charge in [-0.05, 0) is 46.9 Å². The van der Waals surface area contributed by atoms with Gasteiger partial charge < -0.3 is 15.6 Å². The van der Waals surface area contributed by atoms with Gasteiger partial charge in [0.15, 0.2) is 0 Å². The van der Waals surface area contributed by atoms with Crippen LogP contribution in [-0.4, -0.2) is 16.1 Å². The molecule has 5 nitrogen and oxygen atoms in total. The largest absolute Gasteiger partial charge is 0.478 e. The molecule has 92 valence electrons. The fourth-order valence-electron chi connectivity index (χ4n) is 1.31. The number of carboxylic acids is 1. The lowest BCUT2D eigenvalue weighted by atomic mass is 10.2. The first kappa shape index (κ1) is 12.6. The average Bonchev–Trinajstić information content (AvgIpc) is 2.34. The highest BCUT2D eigenvalue weighted by atomic mass is 127. The van der Waals surface area contributed by atoms with Crippen LogP contribution in [-0.2, 0) is 0 Å². The number of aromatic carboxylic acids is 1. The van der Waals surface area contributed by atoms with Gasteiger partial charge in [0.2, 0.25) is 5.88 Å². The van der Waals surface area contributed by atoms with Crippen molar-refractivity contribution >= 4 is 34.2 Å². The maximum atomic E-state index is 10.9. The molecule has 18 heavy (non-hydrogen) atoms. The van der Waals surface area contributed by atoms with Crippen LogP contribution in [0.1, 0.15) is 10.4 Å². The Hall–Kier alpha value is -1.83. The Balaban J connectivity index is 2.27. The van der Waals surface area contributed by atoms with Crippen LogP contribution < -0.4 is 10.5 Å². The van der Waals surface area contributed by atoms with Gasteiger partial charge in [-0.1, -0.05) is 0 Å². The summed E-state index contributed by atoms with van der Waals surface area (Å²) >= 11 is 2.18. The number of nitrogens with two attached hydrogens (primary N) is 1. The van der Waals surface area contributed by atoms with Gasteiger partial charge in [-0.25, -0.2) is 9.78 Å². The van der Waals surface area contributed by atoms with Gasteiger partial charge in [-0.2, -0.15) is 0 Å². The third kappa shape index (κ3) is 2.89. The zero-order valence-electron chi connectivity index (χ0n) is 9.13. The standard InChI is InChI=1S/C12H9IN2O3/c13-7-1-3-8(4-2-7)18-11-5-9(12(16)17)10(14)6-15-11/h1-6H,14H2,(H,16,17). The van der Waals surface area contributed by atoms with E-state index in [0.29, 0.717) is 5.75 Å². The molecule has 0 radical (unpaired) electrons. The Morgan fingerprint density at radius 2 is 2.00 bits per heavy atom. The molecule has 0 saturated heterocycles. The third-order valence-electron chi connectivity index (χ3n) is 2.18. The molecular formula is C12H9IN2O3. The summed E-state index contributed by atoms with van der Waals surface area (Å²) in [5.41, 5.74) is 5.59. The summed E-state index contributed by atoms with van der Waals surface area (Å²) in [4.78, 5) is 14.8. The van der Waals surface area contributed by atoms with Crippen molar-refractivity contribution in [1.82, 2.24) is 4.98 Å². The molecule has 2 aromatic rings. The summed E-state index contributed by atoms with van der Waals surface area (Å²) in [6.07, 6.45) is 1.27. The van der Waals surface area contributed by atoms with Crippen molar-refractivity contribution in [3.63, 3.8) is 0 Å². The van der Waals surface area contributed by atoms with Crippen LogP contribution in [0.15, 0.2) is 36.5 Å². The molecule has 2 rings (SSSR count). The zero-order valence-corrected chi connectivity index (χ0v) is 11.3. The number of hydrogen-bond acceptors (Lipinski definition) is 4. The summed E-state index contributed by atoms with van der Waals surface area (Å²) in [5, 5.41) is 8.93. The van der Waals surface area contributed by atoms with Gasteiger partial charge in [0.1, 0.15) is 5.75 Å². The number of anilines is 1. The summed E-state index contributed by atoms with van der Waals surface area (Å²) in [7, 11) is 0. The molecule has 0 saturated carbocycles. The first-order valence-electron chi connectivity index (χ1n) is 4.98. The van der Waals surface area contributed by atoms with E-state index < -0.39 is 5.97 Å². The minimum Gasteiger partial charge on any atom is -0.478 e. The number of benzene rings is 1. The molecule has 0 aliphatic heterocycles. The van der Waals surface area contributed by atoms with E-state index in [1.807, 2.05) is 12.1 Å². The maximum absolute atomic E-state index is 10.9. The van der Waals surface area contributed by atoms with Crippen molar-refractivity contribution in [3.8, 4) is 11.6 Å². The Labute approximate surface area is 117 Å². The number of aromatic nitrogens is 1. The first-order valence-corrected chi connectivity index (χ1v) is 6.06. The lowest BCUT2D eigenvalue weighted by molar-refractivity contribution is 0.0697. The van der Waals surface area contributed by atoms with Crippen molar-refractivity contribution in [2.24, 2.45) is 0 Å². The number of carbonyl (C=O) groups is 1. The SMILES string of the molecule is Nc1cnc(Oc2ccc(I)cc2)cc1C(=O)O. The van der Waals surface area contributed by atoms with E-state index in [2.05, 4.69) is 27.6 Å². The lowest BCUT2D eigenvalue weighted by Gasteiger charge is -2.06. The zero-order chi connectivity index (χ0) is 13.1. The Morgan fingerprint density at radius 3 is 2.61 bits per heavy atom. The van der Waals surface area contributed by atoms with E-state index in [4.69, 9.17) is 15.6 Å². The number of rotatable bonds is 3. The lowest BCUT2D eigenvalue weighted by Crippen LogP contribution is -2.03. The highest BCUT2D eigenvalue weighted by Crippen LogP contribution is 2.23. The smallest absolute Gasteiger partial charge is 0.338 e. The molecule has 0 aliphatic rings. The van der Waals surface area contributed by atoms with Crippen molar-refractivity contribution in [1.29, 1.82) is 0 Å². The molecule has 0 amide bonds. The summed E-state index contributed by atoms with van der Waals surface area (Å²) < 4.78 is 6.53. The summed E-state index contributed by atoms with van der Waals surface area (Å²) in [6.45, 7) is 0. The van der Waals surface area contributed by atoms with Gasteiger partial charge in [-0.15, -0.1) is 0 Å². The minimum absolute atomic E-state index is 0.0227. The van der Waals surface area contributed by atoms with Crippen LogP contribution in [0.4, 0.5) is 5.69 Å². The number of halogens is 1. The van der Waals surface area contributed by atoms with Gasteiger partial charge in [-0.3, -0.25) is 0 Å². The molecule has 1 aromatic carbocycles. The highest BCUT2D eigenvalue weighted by Gasteiger charge is 2.10. The number of hydrogen-bond donors (Lipinski definition) is 2. The second-order valence-electron chi connectivity index (χ2n) is 3.47. The van der Waals surface area contributed by atoms with Gasteiger partial charge in [0.25, 0.3) is 0 Å². The van der Waals surface area contributed by atoms with Crippen LogP contribution >= 0.6 is 22.6 Å². The van der Waals surface area contributed by atoms with E-state index in [9.17, 15) is 4.79 Å².